The van der Waals surface area contributed by atoms with E-state index in [0.29, 0.717) is 3.63 Å². The molecule has 0 unspecified atom stereocenters. The smallest absolute Gasteiger partial charge is 1.00 e. The summed E-state index contributed by atoms with van der Waals surface area (Å²) < 4.78 is 9.90. The third kappa shape index (κ3) is 5.75. The summed E-state index contributed by atoms with van der Waals surface area (Å²) in [6.07, 6.45) is 16.6. The van der Waals surface area contributed by atoms with E-state index < -0.39 is 21.3 Å². The molecule has 0 aliphatic heterocycles. The van der Waals surface area contributed by atoms with E-state index in [-0.39, 0.29) is 35.6 Å². The van der Waals surface area contributed by atoms with Gasteiger partial charge in [-0.1, -0.05) is 0 Å². The van der Waals surface area contributed by atoms with E-state index in [1.54, 1.807) is 14.4 Å². The van der Waals surface area contributed by atoms with Gasteiger partial charge in [-0.15, -0.1) is 0 Å². The summed E-state index contributed by atoms with van der Waals surface area (Å²) in [6.45, 7) is 14.2. The number of allylic oxidation sites excluding steroid dienone is 4. The van der Waals surface area contributed by atoms with E-state index >= 15 is 0 Å². The summed E-state index contributed by atoms with van der Waals surface area (Å²) in [4.78, 5) is 0. The average molecular weight is 653 g/mol. The molecule has 1 aromatic heterocycles. The molecule has 210 valence electrons. The zero-order chi connectivity index (χ0) is 26.7. The van der Waals surface area contributed by atoms with Crippen molar-refractivity contribution < 1.29 is 50.5 Å². The maximum Gasteiger partial charge on any atom is -1.00 e. The molecule has 0 saturated heterocycles. The Balaban J connectivity index is 0.00000185. The van der Waals surface area contributed by atoms with Crippen molar-refractivity contribution in [2.45, 2.75) is 94.5 Å². The van der Waals surface area contributed by atoms with Crippen LogP contribution in [0.1, 0.15) is 112 Å². The Kier molecular flexibility index (Phi) is 9.46. The first-order chi connectivity index (χ1) is 18.1. The van der Waals surface area contributed by atoms with Crippen molar-refractivity contribution in [2.24, 2.45) is 0 Å². The van der Waals surface area contributed by atoms with Gasteiger partial charge in [-0.05, 0) is 0 Å². The number of halogens is 2. The van der Waals surface area contributed by atoms with Crippen molar-refractivity contribution in [3.63, 3.8) is 0 Å². The molecule has 40 heavy (non-hydrogen) atoms. The summed E-state index contributed by atoms with van der Waals surface area (Å²) in [5, 5.41) is 0. The fourth-order valence-corrected chi connectivity index (χ4v) is 16.7. The molecule has 6 rings (SSSR count). The normalized spacial score (nSPS) is 16.7. The summed E-state index contributed by atoms with van der Waals surface area (Å²) in [7, 11) is 0. The first kappa shape index (κ1) is 31.5. The number of furan rings is 1. The van der Waals surface area contributed by atoms with Crippen molar-refractivity contribution in [3.8, 4) is 11.1 Å². The Morgan fingerprint density at radius 2 is 1.32 bits per heavy atom. The molecule has 1 saturated carbocycles. The Bertz CT molecular complexity index is 1400. The van der Waals surface area contributed by atoms with Crippen LogP contribution in [0.15, 0.2) is 74.8 Å². The third-order valence-electron chi connectivity index (χ3n) is 8.96. The quantitative estimate of drug-likeness (QED) is 0.416. The van der Waals surface area contributed by atoms with Crippen molar-refractivity contribution in [1.82, 2.24) is 0 Å². The zero-order valence-corrected chi connectivity index (χ0v) is 28.8. The predicted molar refractivity (Wildman–Crippen MR) is 159 cm³/mol. The molecule has 1 fully saturated rings. The molecular weight excluding hydrogens is 611 g/mol. The van der Waals surface area contributed by atoms with Gasteiger partial charge in [0, 0.05) is 0 Å². The van der Waals surface area contributed by atoms with Crippen LogP contribution < -0.4 is 24.8 Å². The minimum Gasteiger partial charge on any atom is -1.00 e. The largest absolute Gasteiger partial charge is 1.00 e. The minimum atomic E-state index is -2.37. The van der Waals surface area contributed by atoms with Gasteiger partial charge in [0.15, 0.2) is 0 Å². The molecule has 0 bridgehead atoms. The van der Waals surface area contributed by atoms with Crippen LogP contribution in [0.5, 0.6) is 0 Å². The maximum absolute atomic E-state index is 5.59. The zero-order valence-electron chi connectivity index (χ0n) is 24.8. The number of hydrogen-bond acceptors (Lipinski definition) is 1. The van der Waals surface area contributed by atoms with E-state index in [9.17, 15) is 0 Å². The molecule has 0 spiro atoms. The van der Waals surface area contributed by atoms with E-state index in [1.807, 2.05) is 15.7 Å². The number of hydrogen-bond donors (Lipinski definition) is 0. The maximum atomic E-state index is 5.59. The summed E-state index contributed by atoms with van der Waals surface area (Å²) >= 11 is -2.37. The van der Waals surface area contributed by atoms with Gasteiger partial charge in [0.2, 0.25) is 0 Å². The van der Waals surface area contributed by atoms with E-state index in [0.717, 1.165) is 6.42 Å². The van der Waals surface area contributed by atoms with E-state index in [4.69, 9.17) is 4.42 Å². The number of fused-ring (bicyclic) bond motifs is 3. The molecule has 0 N–H and O–H groups in total. The van der Waals surface area contributed by atoms with E-state index in [2.05, 4.69) is 96.2 Å². The second-order valence-electron chi connectivity index (χ2n) is 13.6. The van der Waals surface area contributed by atoms with Crippen LogP contribution in [0.4, 0.5) is 0 Å². The number of rotatable bonds is 3. The summed E-state index contributed by atoms with van der Waals surface area (Å²) in [5.74, 6) is 0. The molecule has 0 atom stereocenters. The molecule has 1 nitrogen and oxygen atoms in total. The first-order valence-corrected chi connectivity index (χ1v) is 18.4. The SMILES string of the molecule is CC(C)(C)c1ccc2c(c1)[CH]([Zr+2]([C]1=C(c3ccoc3)C=CC1)=[C]1CCCCC1)c1cc(C(C)(C)C)ccc1-2.[Cl-].[Cl-]. The summed E-state index contributed by atoms with van der Waals surface area (Å²) in [6, 6.07) is 17.1. The fourth-order valence-electron chi connectivity index (χ4n) is 6.79. The van der Waals surface area contributed by atoms with Crippen LogP contribution in [0.25, 0.3) is 16.7 Å². The molecular formula is C36H42Cl2OZr. The second-order valence-corrected chi connectivity index (χ2v) is 20.3. The molecule has 4 heteroatoms. The van der Waals surface area contributed by atoms with Gasteiger partial charge in [0.25, 0.3) is 0 Å². The first-order valence-electron chi connectivity index (χ1n) is 14.6. The van der Waals surface area contributed by atoms with Crippen LogP contribution in [-0.4, -0.2) is 3.21 Å². The van der Waals surface area contributed by atoms with Crippen molar-refractivity contribution >= 4 is 8.78 Å². The van der Waals surface area contributed by atoms with E-state index in [1.165, 1.54) is 65.5 Å². The van der Waals surface area contributed by atoms with Crippen LogP contribution in [0.3, 0.4) is 0 Å². The minimum absolute atomic E-state index is 0. The van der Waals surface area contributed by atoms with Crippen LogP contribution in [0.2, 0.25) is 0 Å². The molecule has 3 aliphatic carbocycles. The fraction of sp³-hybridized carbons (Fsp3) is 0.417. The molecule has 0 amide bonds. The topological polar surface area (TPSA) is 13.1 Å². The van der Waals surface area contributed by atoms with Crippen molar-refractivity contribution in [1.29, 1.82) is 0 Å². The van der Waals surface area contributed by atoms with Gasteiger partial charge in [-0.3, -0.25) is 0 Å². The number of benzene rings is 2. The Labute approximate surface area is 261 Å². The van der Waals surface area contributed by atoms with Gasteiger partial charge in [-0.25, -0.2) is 0 Å². The third-order valence-corrected chi connectivity index (χ3v) is 17.8. The van der Waals surface area contributed by atoms with Gasteiger partial charge < -0.3 is 24.8 Å². The molecule has 3 aromatic rings. The Morgan fingerprint density at radius 1 is 0.750 bits per heavy atom. The monoisotopic (exact) mass is 650 g/mol. The average Bonchev–Trinajstić information content (AvgIpc) is 3.63. The van der Waals surface area contributed by atoms with Gasteiger partial charge in [0.05, 0.1) is 0 Å². The Morgan fingerprint density at radius 3 is 1.82 bits per heavy atom. The predicted octanol–water partition coefficient (Wildman–Crippen LogP) is 4.08. The van der Waals surface area contributed by atoms with Crippen molar-refractivity contribution in [2.75, 3.05) is 0 Å². The standard InChI is InChI=1S/C21H25.C9H7O.C6H10.2ClH.Zr/c1-20(2,3)16-7-9-18-14(12-16)11-15-13-17(21(4,5)6)8-10-19(15)18;1-2-4-8(3-1)9-5-6-10-7-9;1-2-4-6-5-3-1;;;/h7-13H,1-6H3;1,3,5-7H,2H2;1-5H2;2*1H;/q;;;;;+2/p-2. The van der Waals surface area contributed by atoms with Gasteiger partial charge >= 0.3 is 238 Å². The summed E-state index contributed by atoms with van der Waals surface area (Å²) in [5.41, 5.74) is 12.2. The van der Waals surface area contributed by atoms with Crippen molar-refractivity contribution in [3.05, 3.63) is 98.2 Å². The molecule has 3 aliphatic rings. The molecule has 1 heterocycles. The Hall–Kier alpha value is -1.47. The van der Waals surface area contributed by atoms with Gasteiger partial charge in [-0.2, -0.15) is 0 Å². The van der Waals surface area contributed by atoms with Crippen LogP contribution >= 0.6 is 0 Å². The van der Waals surface area contributed by atoms with Crippen LogP contribution in [0, 0.1) is 0 Å². The van der Waals surface area contributed by atoms with Crippen LogP contribution in [-0.2, 0) is 32.1 Å². The molecule has 2 aromatic carbocycles. The second kappa shape index (κ2) is 12.0. The molecule has 0 radical (unpaired) electrons. The van der Waals surface area contributed by atoms with Gasteiger partial charge in [0.1, 0.15) is 0 Å².